The molecular formula is C17H16IN3O4S. The SMILES string of the molecule is CC(=O)Nc1ccc(N2CC(CNC(=O)c3ccc(I)s3)OC2=O)cc1. The van der Waals surface area contributed by atoms with E-state index >= 15 is 0 Å². The number of halogens is 1. The Morgan fingerprint density at radius 1 is 1.27 bits per heavy atom. The highest BCUT2D eigenvalue weighted by Gasteiger charge is 2.32. The molecule has 0 aliphatic carbocycles. The number of rotatable bonds is 5. The Balaban J connectivity index is 1.56. The van der Waals surface area contributed by atoms with Crippen molar-refractivity contribution in [3.05, 3.63) is 44.2 Å². The molecule has 3 amide bonds. The highest BCUT2D eigenvalue weighted by Crippen LogP contribution is 2.23. The summed E-state index contributed by atoms with van der Waals surface area (Å²) in [5.74, 6) is -0.332. The van der Waals surface area contributed by atoms with Gasteiger partial charge in [0.05, 0.1) is 20.9 Å². The molecule has 3 rings (SSSR count). The maximum atomic E-state index is 12.1. The zero-order valence-corrected chi connectivity index (χ0v) is 16.8. The van der Waals surface area contributed by atoms with E-state index in [1.807, 2.05) is 6.07 Å². The summed E-state index contributed by atoms with van der Waals surface area (Å²) < 4.78 is 6.36. The summed E-state index contributed by atoms with van der Waals surface area (Å²) in [5, 5.41) is 5.47. The second-order valence-corrected chi connectivity index (χ2v) is 8.64. The second-order valence-electron chi connectivity index (χ2n) is 5.66. The van der Waals surface area contributed by atoms with Gasteiger partial charge in [-0.2, -0.15) is 0 Å². The minimum Gasteiger partial charge on any atom is -0.442 e. The van der Waals surface area contributed by atoms with Crippen LogP contribution < -0.4 is 15.5 Å². The van der Waals surface area contributed by atoms with Crippen molar-refractivity contribution in [1.82, 2.24) is 5.32 Å². The normalized spacial score (nSPS) is 16.3. The fourth-order valence-corrected chi connectivity index (χ4v) is 4.04. The van der Waals surface area contributed by atoms with Crippen molar-refractivity contribution in [3.8, 4) is 0 Å². The van der Waals surface area contributed by atoms with Crippen LogP contribution in [-0.4, -0.2) is 37.1 Å². The van der Waals surface area contributed by atoms with Crippen LogP contribution in [0, 0.1) is 2.88 Å². The number of nitrogens with one attached hydrogen (secondary N) is 2. The topological polar surface area (TPSA) is 87.7 Å². The summed E-state index contributed by atoms with van der Waals surface area (Å²) in [6.45, 7) is 2.03. The highest BCUT2D eigenvalue weighted by atomic mass is 127. The molecule has 0 radical (unpaired) electrons. The Bertz CT molecular complexity index is 837. The number of hydrogen-bond donors (Lipinski definition) is 2. The van der Waals surface area contributed by atoms with E-state index in [4.69, 9.17) is 4.74 Å². The minimum absolute atomic E-state index is 0.158. The maximum absolute atomic E-state index is 12.1. The van der Waals surface area contributed by atoms with E-state index in [1.54, 1.807) is 30.3 Å². The van der Waals surface area contributed by atoms with Gasteiger partial charge in [-0.25, -0.2) is 4.79 Å². The Morgan fingerprint density at radius 2 is 2.00 bits per heavy atom. The van der Waals surface area contributed by atoms with Gasteiger partial charge in [-0.3, -0.25) is 14.5 Å². The molecule has 2 N–H and O–H groups in total. The van der Waals surface area contributed by atoms with E-state index in [2.05, 4.69) is 33.2 Å². The first-order valence-corrected chi connectivity index (χ1v) is 9.71. The molecule has 0 spiro atoms. The van der Waals surface area contributed by atoms with E-state index in [0.29, 0.717) is 22.8 Å². The molecule has 1 atom stereocenters. The van der Waals surface area contributed by atoms with Crippen LogP contribution in [0.4, 0.5) is 16.2 Å². The number of amides is 3. The third-order valence-electron chi connectivity index (χ3n) is 3.66. The van der Waals surface area contributed by atoms with Crippen LogP contribution in [0.15, 0.2) is 36.4 Å². The minimum atomic E-state index is -0.456. The van der Waals surface area contributed by atoms with Crippen LogP contribution in [0.25, 0.3) is 0 Å². The molecular weight excluding hydrogens is 469 g/mol. The molecule has 0 bridgehead atoms. The predicted molar refractivity (Wildman–Crippen MR) is 108 cm³/mol. The molecule has 1 unspecified atom stereocenters. The molecule has 26 heavy (non-hydrogen) atoms. The molecule has 2 aromatic rings. The highest BCUT2D eigenvalue weighted by molar-refractivity contribution is 14.1. The van der Waals surface area contributed by atoms with Crippen molar-refractivity contribution in [1.29, 1.82) is 0 Å². The standard InChI is InChI=1S/C17H16IN3O4S/c1-10(22)20-11-2-4-12(5-3-11)21-9-13(25-17(21)24)8-19-16(23)14-6-7-15(18)26-14/h2-7,13H,8-9H2,1H3,(H,19,23)(H,20,22). The van der Waals surface area contributed by atoms with Gasteiger partial charge in [0, 0.05) is 18.3 Å². The molecule has 1 aromatic carbocycles. The number of anilines is 2. The van der Waals surface area contributed by atoms with Gasteiger partial charge in [-0.1, -0.05) is 0 Å². The molecule has 1 saturated heterocycles. The zero-order valence-electron chi connectivity index (χ0n) is 13.8. The lowest BCUT2D eigenvalue weighted by molar-refractivity contribution is -0.114. The lowest BCUT2D eigenvalue weighted by Gasteiger charge is -2.13. The van der Waals surface area contributed by atoms with E-state index in [-0.39, 0.29) is 18.4 Å². The Hall–Kier alpha value is -2.14. The summed E-state index contributed by atoms with van der Waals surface area (Å²) in [5.41, 5.74) is 1.33. The first-order valence-electron chi connectivity index (χ1n) is 7.81. The first kappa shape index (κ1) is 18.6. The fourth-order valence-electron chi connectivity index (χ4n) is 2.50. The van der Waals surface area contributed by atoms with Gasteiger partial charge in [0.25, 0.3) is 5.91 Å². The number of thiophene rings is 1. The van der Waals surface area contributed by atoms with Gasteiger partial charge >= 0.3 is 6.09 Å². The van der Waals surface area contributed by atoms with Crippen LogP contribution >= 0.6 is 33.9 Å². The van der Waals surface area contributed by atoms with Crippen LogP contribution in [0.1, 0.15) is 16.6 Å². The molecule has 1 aromatic heterocycles. The average molecular weight is 485 g/mol. The number of ether oxygens (including phenoxy) is 1. The van der Waals surface area contributed by atoms with Crippen molar-refractivity contribution in [2.75, 3.05) is 23.3 Å². The third kappa shape index (κ3) is 4.52. The third-order valence-corrected chi connectivity index (χ3v) is 5.55. The second kappa shape index (κ2) is 8.04. The van der Waals surface area contributed by atoms with Crippen LogP contribution in [0.2, 0.25) is 0 Å². The van der Waals surface area contributed by atoms with Gasteiger partial charge in [0.15, 0.2) is 0 Å². The van der Waals surface area contributed by atoms with Crippen molar-refractivity contribution < 1.29 is 19.1 Å². The van der Waals surface area contributed by atoms with E-state index in [0.717, 1.165) is 2.88 Å². The molecule has 1 fully saturated rings. The van der Waals surface area contributed by atoms with Crippen molar-refractivity contribution in [3.63, 3.8) is 0 Å². The first-order chi connectivity index (χ1) is 12.4. The van der Waals surface area contributed by atoms with Gasteiger partial charge in [-0.05, 0) is 59.0 Å². The van der Waals surface area contributed by atoms with Gasteiger partial charge in [0.2, 0.25) is 5.91 Å². The van der Waals surface area contributed by atoms with Crippen LogP contribution in [-0.2, 0) is 9.53 Å². The monoisotopic (exact) mass is 485 g/mol. The number of carbonyl (C=O) groups is 3. The summed E-state index contributed by atoms with van der Waals surface area (Å²) in [7, 11) is 0. The number of hydrogen-bond acceptors (Lipinski definition) is 5. The molecule has 136 valence electrons. The Labute approximate surface area is 167 Å². The summed E-state index contributed by atoms with van der Waals surface area (Å²) in [6.07, 6.45) is -0.872. The maximum Gasteiger partial charge on any atom is 0.414 e. The Morgan fingerprint density at radius 3 is 2.62 bits per heavy atom. The van der Waals surface area contributed by atoms with Crippen molar-refractivity contribution in [2.24, 2.45) is 0 Å². The number of carbonyl (C=O) groups excluding carboxylic acids is 3. The lowest BCUT2D eigenvalue weighted by atomic mass is 10.2. The quantitative estimate of drug-likeness (QED) is 0.638. The molecule has 0 saturated carbocycles. The summed E-state index contributed by atoms with van der Waals surface area (Å²) in [4.78, 5) is 37.4. The predicted octanol–water partition coefficient (Wildman–Crippen LogP) is 3.07. The largest absolute Gasteiger partial charge is 0.442 e. The van der Waals surface area contributed by atoms with Crippen LogP contribution in [0.5, 0.6) is 0 Å². The smallest absolute Gasteiger partial charge is 0.414 e. The van der Waals surface area contributed by atoms with Gasteiger partial charge in [-0.15, -0.1) is 11.3 Å². The molecule has 7 nitrogen and oxygen atoms in total. The molecule has 2 heterocycles. The average Bonchev–Trinajstić information content (AvgIpc) is 3.19. The fraction of sp³-hybridized carbons (Fsp3) is 0.235. The number of cyclic esters (lactones) is 1. The number of benzene rings is 1. The van der Waals surface area contributed by atoms with Crippen molar-refractivity contribution >= 4 is 63.2 Å². The molecule has 1 aliphatic heterocycles. The molecule has 1 aliphatic rings. The summed E-state index contributed by atoms with van der Waals surface area (Å²) in [6, 6.07) is 10.6. The van der Waals surface area contributed by atoms with Gasteiger partial charge in [0.1, 0.15) is 6.10 Å². The molecule has 9 heteroatoms. The van der Waals surface area contributed by atoms with E-state index in [1.165, 1.54) is 23.2 Å². The Kier molecular flexibility index (Phi) is 5.77. The van der Waals surface area contributed by atoms with Crippen LogP contribution in [0.3, 0.4) is 0 Å². The van der Waals surface area contributed by atoms with E-state index in [9.17, 15) is 14.4 Å². The van der Waals surface area contributed by atoms with Crippen molar-refractivity contribution in [2.45, 2.75) is 13.0 Å². The van der Waals surface area contributed by atoms with Gasteiger partial charge < -0.3 is 15.4 Å². The van der Waals surface area contributed by atoms with E-state index < -0.39 is 12.2 Å². The summed E-state index contributed by atoms with van der Waals surface area (Å²) >= 11 is 3.57. The zero-order chi connectivity index (χ0) is 18.7. The lowest BCUT2D eigenvalue weighted by Crippen LogP contribution is -2.34. The number of nitrogens with zero attached hydrogens (tertiary/aromatic N) is 1.